The standard InChI is InChI=1S/C20H20N4O/c25-20(14-24-15-22-17-7-2-4-9-19(17)24)21-11-5-12-23-13-10-16-6-1-3-8-18(16)23/h1-4,6-10,13,15H,5,11-12,14H2,(H,21,25). The van der Waals surface area contributed by atoms with Crippen LogP contribution in [0.5, 0.6) is 0 Å². The quantitative estimate of drug-likeness (QED) is 0.551. The molecule has 5 nitrogen and oxygen atoms in total. The zero-order valence-corrected chi connectivity index (χ0v) is 13.9. The number of rotatable bonds is 6. The number of amides is 1. The largest absolute Gasteiger partial charge is 0.354 e. The maximum Gasteiger partial charge on any atom is 0.239 e. The van der Waals surface area contributed by atoms with Crippen LogP contribution in [0.3, 0.4) is 0 Å². The molecule has 0 spiro atoms. The topological polar surface area (TPSA) is 51.9 Å². The van der Waals surface area contributed by atoms with E-state index in [4.69, 9.17) is 0 Å². The lowest BCUT2D eigenvalue weighted by atomic mass is 10.2. The number of nitrogens with zero attached hydrogens (tertiary/aromatic N) is 3. The van der Waals surface area contributed by atoms with Gasteiger partial charge in [-0.25, -0.2) is 4.98 Å². The van der Waals surface area contributed by atoms with E-state index in [1.165, 1.54) is 10.9 Å². The van der Waals surface area contributed by atoms with E-state index in [0.29, 0.717) is 13.1 Å². The molecule has 0 saturated carbocycles. The second-order valence-corrected chi connectivity index (χ2v) is 6.13. The number of hydrogen-bond acceptors (Lipinski definition) is 2. The Morgan fingerprint density at radius 1 is 0.960 bits per heavy atom. The Kier molecular flexibility index (Phi) is 4.21. The Hall–Kier alpha value is -3.08. The fourth-order valence-electron chi connectivity index (χ4n) is 3.16. The molecule has 0 aliphatic carbocycles. The first kappa shape index (κ1) is 15.4. The molecule has 1 amide bonds. The van der Waals surface area contributed by atoms with Crippen molar-refractivity contribution in [3.05, 3.63) is 67.1 Å². The fraction of sp³-hybridized carbons (Fsp3) is 0.200. The lowest BCUT2D eigenvalue weighted by molar-refractivity contribution is -0.121. The average Bonchev–Trinajstić information content (AvgIpc) is 3.24. The van der Waals surface area contributed by atoms with Gasteiger partial charge in [0.2, 0.25) is 5.91 Å². The van der Waals surface area contributed by atoms with E-state index in [-0.39, 0.29) is 5.91 Å². The maximum absolute atomic E-state index is 12.2. The van der Waals surface area contributed by atoms with Gasteiger partial charge in [0.25, 0.3) is 0 Å². The minimum atomic E-state index is 0.0144. The summed E-state index contributed by atoms with van der Waals surface area (Å²) in [5.41, 5.74) is 3.13. The van der Waals surface area contributed by atoms with Gasteiger partial charge in [-0.15, -0.1) is 0 Å². The van der Waals surface area contributed by atoms with E-state index < -0.39 is 0 Å². The third kappa shape index (κ3) is 3.26. The molecule has 0 aliphatic heterocycles. The van der Waals surface area contributed by atoms with Gasteiger partial charge in [-0.2, -0.15) is 0 Å². The highest BCUT2D eigenvalue weighted by Crippen LogP contribution is 2.15. The second-order valence-electron chi connectivity index (χ2n) is 6.13. The summed E-state index contributed by atoms with van der Waals surface area (Å²) in [6, 6.07) is 18.3. The molecule has 0 atom stereocenters. The van der Waals surface area contributed by atoms with Gasteiger partial charge in [-0.1, -0.05) is 30.3 Å². The molecule has 0 saturated heterocycles. The van der Waals surface area contributed by atoms with Gasteiger partial charge in [-0.3, -0.25) is 4.79 Å². The molecule has 2 aromatic carbocycles. The van der Waals surface area contributed by atoms with E-state index in [1.54, 1.807) is 6.33 Å². The van der Waals surface area contributed by atoms with Crippen molar-refractivity contribution in [3.8, 4) is 0 Å². The van der Waals surface area contributed by atoms with Crippen LogP contribution >= 0.6 is 0 Å². The van der Waals surface area contributed by atoms with Gasteiger partial charge < -0.3 is 14.5 Å². The number of nitrogens with one attached hydrogen (secondary N) is 1. The van der Waals surface area contributed by atoms with Crippen LogP contribution < -0.4 is 5.32 Å². The first-order valence-corrected chi connectivity index (χ1v) is 8.52. The van der Waals surface area contributed by atoms with Gasteiger partial charge in [-0.05, 0) is 36.1 Å². The molecule has 5 heteroatoms. The van der Waals surface area contributed by atoms with Crippen LogP contribution in [0.1, 0.15) is 6.42 Å². The molecule has 0 radical (unpaired) electrons. The molecular weight excluding hydrogens is 312 g/mol. The van der Waals surface area contributed by atoms with Crippen molar-refractivity contribution < 1.29 is 4.79 Å². The van der Waals surface area contributed by atoms with Crippen LogP contribution in [-0.4, -0.2) is 26.6 Å². The lowest BCUT2D eigenvalue weighted by Gasteiger charge is -2.08. The predicted molar refractivity (Wildman–Crippen MR) is 99.3 cm³/mol. The number of aryl methyl sites for hydroxylation is 1. The van der Waals surface area contributed by atoms with Gasteiger partial charge in [0.05, 0.1) is 17.4 Å². The molecule has 1 N–H and O–H groups in total. The molecule has 0 bridgehead atoms. The molecular formula is C20H20N4O. The smallest absolute Gasteiger partial charge is 0.239 e. The SMILES string of the molecule is O=C(Cn1cnc2ccccc21)NCCCn1ccc2ccccc21. The molecule has 2 heterocycles. The van der Waals surface area contributed by atoms with Gasteiger partial charge in [0.1, 0.15) is 6.54 Å². The predicted octanol–water partition coefficient (Wildman–Crippen LogP) is 3.20. The van der Waals surface area contributed by atoms with Crippen molar-refractivity contribution in [2.45, 2.75) is 19.5 Å². The molecule has 4 aromatic rings. The lowest BCUT2D eigenvalue weighted by Crippen LogP contribution is -2.28. The summed E-state index contributed by atoms with van der Waals surface area (Å²) in [5.74, 6) is 0.0144. The second kappa shape index (κ2) is 6.81. The zero-order valence-electron chi connectivity index (χ0n) is 13.9. The molecule has 0 fully saturated rings. The Morgan fingerprint density at radius 2 is 1.76 bits per heavy atom. The monoisotopic (exact) mass is 332 g/mol. The zero-order chi connectivity index (χ0) is 17.1. The molecule has 4 rings (SSSR count). The summed E-state index contributed by atoms with van der Waals surface area (Å²) in [6.07, 6.45) is 4.72. The summed E-state index contributed by atoms with van der Waals surface area (Å²) in [5, 5.41) is 4.24. The van der Waals surface area contributed by atoms with Crippen LogP contribution in [0.2, 0.25) is 0 Å². The summed E-state index contributed by atoms with van der Waals surface area (Å²) in [7, 11) is 0. The van der Waals surface area contributed by atoms with Crippen molar-refractivity contribution >= 4 is 27.8 Å². The maximum atomic E-state index is 12.2. The first-order valence-electron chi connectivity index (χ1n) is 8.52. The summed E-state index contributed by atoms with van der Waals surface area (Å²) in [4.78, 5) is 16.5. The highest BCUT2D eigenvalue weighted by atomic mass is 16.1. The number of para-hydroxylation sites is 3. The minimum Gasteiger partial charge on any atom is -0.354 e. The first-order chi connectivity index (χ1) is 12.3. The number of carbonyl (C=O) groups is 1. The molecule has 25 heavy (non-hydrogen) atoms. The van der Waals surface area contributed by atoms with Gasteiger partial charge in [0, 0.05) is 24.8 Å². The van der Waals surface area contributed by atoms with Crippen LogP contribution in [-0.2, 0) is 17.9 Å². The normalized spacial score (nSPS) is 11.2. The van der Waals surface area contributed by atoms with Gasteiger partial charge >= 0.3 is 0 Å². The number of carbonyl (C=O) groups excluding carboxylic acids is 1. The summed E-state index contributed by atoms with van der Waals surface area (Å²) < 4.78 is 4.11. The van der Waals surface area contributed by atoms with Crippen LogP contribution in [0.15, 0.2) is 67.1 Å². The minimum absolute atomic E-state index is 0.0144. The van der Waals surface area contributed by atoms with E-state index >= 15 is 0 Å². The Balaban J connectivity index is 1.29. The number of hydrogen-bond donors (Lipinski definition) is 1. The highest BCUT2D eigenvalue weighted by Gasteiger charge is 2.06. The van der Waals surface area contributed by atoms with E-state index in [9.17, 15) is 4.79 Å². The average molecular weight is 332 g/mol. The van der Waals surface area contributed by atoms with E-state index in [2.05, 4.69) is 45.3 Å². The van der Waals surface area contributed by atoms with Crippen LogP contribution in [0, 0.1) is 0 Å². The van der Waals surface area contributed by atoms with E-state index in [1.807, 2.05) is 34.9 Å². The van der Waals surface area contributed by atoms with Gasteiger partial charge in [0.15, 0.2) is 0 Å². The summed E-state index contributed by atoms with van der Waals surface area (Å²) in [6.45, 7) is 1.85. The molecule has 126 valence electrons. The number of imidazole rings is 1. The van der Waals surface area contributed by atoms with Crippen molar-refractivity contribution in [1.29, 1.82) is 0 Å². The molecule has 0 unspecified atom stereocenters. The van der Waals surface area contributed by atoms with Crippen molar-refractivity contribution in [3.63, 3.8) is 0 Å². The van der Waals surface area contributed by atoms with Crippen molar-refractivity contribution in [2.75, 3.05) is 6.54 Å². The Bertz CT molecular complexity index is 1010. The number of aromatic nitrogens is 3. The van der Waals surface area contributed by atoms with Crippen LogP contribution in [0.4, 0.5) is 0 Å². The fourth-order valence-corrected chi connectivity index (χ4v) is 3.16. The number of fused-ring (bicyclic) bond motifs is 2. The molecule has 2 aromatic heterocycles. The van der Waals surface area contributed by atoms with Crippen LogP contribution in [0.25, 0.3) is 21.9 Å². The molecule has 0 aliphatic rings. The van der Waals surface area contributed by atoms with Crippen molar-refractivity contribution in [1.82, 2.24) is 19.4 Å². The third-order valence-corrected chi connectivity index (χ3v) is 4.42. The number of benzene rings is 2. The highest BCUT2D eigenvalue weighted by molar-refractivity contribution is 5.81. The summed E-state index contributed by atoms with van der Waals surface area (Å²) >= 11 is 0. The third-order valence-electron chi connectivity index (χ3n) is 4.42. The Morgan fingerprint density at radius 3 is 2.68 bits per heavy atom. The van der Waals surface area contributed by atoms with E-state index in [0.717, 1.165) is 24.0 Å². The Labute approximate surface area is 145 Å². The van der Waals surface area contributed by atoms with Crippen molar-refractivity contribution in [2.24, 2.45) is 0 Å².